The number of alkyl halides is 3. The van der Waals surface area contributed by atoms with E-state index in [-0.39, 0.29) is 44.0 Å². The molecule has 4 aliphatic rings. The third-order valence-electron chi connectivity index (χ3n) is 11.8. The van der Waals surface area contributed by atoms with E-state index < -0.39 is 92.5 Å². The van der Waals surface area contributed by atoms with Crippen molar-refractivity contribution in [1.29, 1.82) is 0 Å². The Labute approximate surface area is 334 Å². The number of sulfonamides is 1. The molecule has 1 saturated heterocycles. The van der Waals surface area contributed by atoms with Gasteiger partial charge in [-0.05, 0) is 70.3 Å². The molecule has 58 heavy (non-hydrogen) atoms. The zero-order valence-corrected chi connectivity index (χ0v) is 33.7. The Bertz CT molecular complexity index is 2080. The average molecular weight is 838 g/mol. The van der Waals surface area contributed by atoms with Crippen LogP contribution in [0.2, 0.25) is 0 Å². The summed E-state index contributed by atoms with van der Waals surface area (Å²) in [5.74, 6) is -3.31. The number of aliphatic hydroxyl groups excluding tert-OH is 1. The molecule has 318 valence electrons. The highest BCUT2D eigenvalue weighted by molar-refractivity contribution is 7.91. The third kappa shape index (κ3) is 8.42. The van der Waals surface area contributed by atoms with E-state index in [2.05, 4.69) is 20.3 Å². The number of nitrogens with zero attached hydrogens (tertiary/aromatic N) is 2. The topological polar surface area (TPSA) is 203 Å². The van der Waals surface area contributed by atoms with Crippen molar-refractivity contribution in [1.82, 2.24) is 25.2 Å². The zero-order chi connectivity index (χ0) is 42.4. The van der Waals surface area contributed by atoms with Crippen LogP contribution in [0.25, 0.3) is 10.8 Å². The molecule has 2 aromatic rings. The lowest BCUT2D eigenvalue weighted by Gasteiger charge is -2.34. The number of aromatic nitrogens is 1. The first-order valence-corrected chi connectivity index (χ1v) is 20.8. The van der Waals surface area contributed by atoms with Crippen LogP contribution in [0.1, 0.15) is 72.6 Å². The van der Waals surface area contributed by atoms with Crippen molar-refractivity contribution >= 4 is 44.6 Å². The zero-order valence-electron chi connectivity index (χ0n) is 32.9. The van der Waals surface area contributed by atoms with Gasteiger partial charge in [0.2, 0.25) is 33.3 Å². The highest BCUT2D eigenvalue weighted by atomic mass is 32.2. The number of methoxy groups -OCH3 is 1. The maximum absolute atomic E-state index is 14.7. The molecule has 2 aliphatic carbocycles. The summed E-state index contributed by atoms with van der Waals surface area (Å²) in [6.45, 7) is 4.02. The first-order valence-electron chi connectivity index (χ1n) is 19.3. The highest BCUT2D eigenvalue weighted by Gasteiger charge is 2.64. The number of hydrogen-bond acceptors (Lipinski definition) is 11. The summed E-state index contributed by atoms with van der Waals surface area (Å²) in [6, 6.07) is 4.29. The lowest BCUT2D eigenvalue weighted by Crippen LogP contribution is -2.60. The van der Waals surface area contributed by atoms with Crippen LogP contribution < -0.4 is 24.8 Å². The number of allylic oxidation sites excluding steroid dienone is 1. The van der Waals surface area contributed by atoms with Gasteiger partial charge in [0.1, 0.15) is 34.2 Å². The van der Waals surface area contributed by atoms with Gasteiger partial charge in [0.15, 0.2) is 0 Å². The fourth-order valence-electron chi connectivity index (χ4n) is 7.79. The predicted molar refractivity (Wildman–Crippen MR) is 203 cm³/mol. The first kappa shape index (κ1) is 42.9. The Balaban J connectivity index is 1.36. The summed E-state index contributed by atoms with van der Waals surface area (Å²) in [7, 11) is -2.85. The molecule has 6 rings (SSSR count). The predicted octanol–water partition coefficient (Wildman–Crippen LogP) is 3.89. The molecule has 15 nitrogen and oxygen atoms in total. The SMILES string of the molecule is COc1cnc(O[C@@H]2C[C@H]3C(=O)N[C@]4(C(=O)NS(=O)(=O)C5(CO)CC5)C[C@H]4/C=C\CC[C@@H](C)C[C@@H](C)[C@H](NC(=O)OC(C)(C)C(F)(F)F)C(=O)N3C2)c2ccccc12. The highest BCUT2D eigenvalue weighted by Crippen LogP contribution is 2.48. The molecule has 2 aliphatic heterocycles. The van der Waals surface area contributed by atoms with Crippen LogP contribution in [-0.4, -0.2) is 108 Å². The second-order valence-electron chi connectivity index (χ2n) is 16.5. The molecule has 3 heterocycles. The number of carbonyl (C=O) groups is 4. The van der Waals surface area contributed by atoms with Gasteiger partial charge < -0.3 is 34.9 Å². The molecule has 1 aromatic carbocycles. The van der Waals surface area contributed by atoms with E-state index in [0.29, 0.717) is 49.6 Å². The number of alkyl carbamates (subject to hydrolysis) is 1. The Kier molecular flexibility index (Phi) is 11.7. The number of halogens is 3. The third-order valence-corrected chi connectivity index (χ3v) is 14.0. The van der Waals surface area contributed by atoms with Crippen LogP contribution in [0.3, 0.4) is 0 Å². The quantitative estimate of drug-likeness (QED) is 0.267. The molecule has 4 N–H and O–H groups in total. The van der Waals surface area contributed by atoms with Gasteiger partial charge in [-0.15, -0.1) is 0 Å². The second-order valence-corrected chi connectivity index (χ2v) is 18.6. The summed E-state index contributed by atoms with van der Waals surface area (Å²) < 4.78 is 84.8. The van der Waals surface area contributed by atoms with E-state index in [9.17, 15) is 45.9 Å². The normalized spacial score (nSPS) is 29.4. The van der Waals surface area contributed by atoms with Gasteiger partial charge in [-0.3, -0.25) is 19.1 Å². The van der Waals surface area contributed by atoms with Crippen LogP contribution in [0.15, 0.2) is 42.6 Å². The van der Waals surface area contributed by atoms with Gasteiger partial charge in [0.25, 0.3) is 5.91 Å². The molecular formula is C39H50F3N5O10S. The molecule has 0 unspecified atom stereocenters. The Morgan fingerprint density at radius 2 is 1.79 bits per heavy atom. The fraction of sp³-hybridized carbons (Fsp3) is 0.615. The molecule has 3 fully saturated rings. The number of ether oxygens (including phenoxy) is 3. The van der Waals surface area contributed by atoms with Crippen LogP contribution in [0, 0.1) is 17.8 Å². The molecule has 0 bridgehead atoms. The van der Waals surface area contributed by atoms with Crippen molar-refractivity contribution in [3.8, 4) is 11.6 Å². The van der Waals surface area contributed by atoms with Gasteiger partial charge in [-0.1, -0.05) is 44.2 Å². The number of benzene rings is 1. The van der Waals surface area contributed by atoms with E-state index in [1.54, 1.807) is 37.3 Å². The fourth-order valence-corrected chi connectivity index (χ4v) is 9.24. The van der Waals surface area contributed by atoms with Crippen LogP contribution >= 0.6 is 0 Å². The molecule has 1 aromatic heterocycles. The van der Waals surface area contributed by atoms with Crippen LogP contribution in [-0.2, 0) is 29.1 Å². The van der Waals surface area contributed by atoms with E-state index in [0.717, 1.165) is 4.90 Å². The van der Waals surface area contributed by atoms with E-state index in [4.69, 9.17) is 14.2 Å². The summed E-state index contributed by atoms with van der Waals surface area (Å²) in [5.41, 5.74) is -4.62. The maximum Gasteiger partial charge on any atom is 0.427 e. The number of nitrogens with one attached hydrogen (secondary N) is 3. The number of carbonyl (C=O) groups excluding carboxylic acids is 4. The lowest BCUT2D eigenvalue weighted by atomic mass is 9.88. The number of pyridine rings is 1. The van der Waals surface area contributed by atoms with Crippen LogP contribution in [0.5, 0.6) is 11.6 Å². The summed E-state index contributed by atoms with van der Waals surface area (Å²) in [4.78, 5) is 61.8. The summed E-state index contributed by atoms with van der Waals surface area (Å²) in [6.07, 6.45) is -0.629. The second kappa shape index (κ2) is 15.8. The standard InChI is InChI=1S/C39H50F3N5O10S/c1-22-10-6-7-11-24-18-38(24,34(51)46-58(53,54)37(21-48)14-15-37)45-31(49)28-17-25(56-32-27-13-9-8-12-26(27)29(55-5)19-43-32)20-47(28)33(50)30(23(2)16-22)44-35(52)57-36(3,4)39(40,41)42/h7-9,11-13,19,22-25,28,30,48H,6,10,14-18,20-21H2,1-5H3,(H,44,52)(H,45,49)(H,46,51)/b11-7-/t22-,23-,24-,25-,28+,30+,38-/m1/s1. The molecule has 19 heteroatoms. The summed E-state index contributed by atoms with van der Waals surface area (Å²) >= 11 is 0. The Morgan fingerprint density at radius 1 is 1.10 bits per heavy atom. The summed E-state index contributed by atoms with van der Waals surface area (Å²) in [5, 5.41) is 16.2. The first-order chi connectivity index (χ1) is 27.2. The number of fused-ring (bicyclic) bond motifs is 3. The monoisotopic (exact) mass is 837 g/mol. The average Bonchev–Trinajstić information content (AvgIpc) is 4.06. The van der Waals surface area contributed by atoms with E-state index in [1.807, 2.05) is 13.0 Å². The van der Waals surface area contributed by atoms with E-state index in [1.165, 1.54) is 13.3 Å². The largest absolute Gasteiger partial charge is 0.494 e. The molecule has 7 atom stereocenters. The van der Waals surface area contributed by atoms with Gasteiger partial charge in [-0.25, -0.2) is 18.2 Å². The minimum Gasteiger partial charge on any atom is -0.494 e. The lowest BCUT2D eigenvalue weighted by molar-refractivity contribution is -0.244. The molecule has 4 amide bonds. The van der Waals surface area contributed by atoms with Gasteiger partial charge >= 0.3 is 12.3 Å². The van der Waals surface area contributed by atoms with Crippen molar-refractivity contribution in [2.45, 2.75) is 113 Å². The molecule has 0 spiro atoms. The van der Waals surface area contributed by atoms with E-state index >= 15 is 0 Å². The smallest absolute Gasteiger partial charge is 0.427 e. The maximum atomic E-state index is 14.7. The number of hydrogen-bond donors (Lipinski definition) is 4. The minimum atomic E-state index is -4.92. The van der Waals surface area contributed by atoms with Crippen molar-refractivity contribution in [3.63, 3.8) is 0 Å². The van der Waals surface area contributed by atoms with Gasteiger partial charge in [0, 0.05) is 23.1 Å². The number of amides is 4. The number of aliphatic hydroxyl groups is 1. The molecule has 2 saturated carbocycles. The van der Waals surface area contributed by atoms with Crippen LogP contribution in [0.4, 0.5) is 18.0 Å². The van der Waals surface area contributed by atoms with Crippen molar-refractivity contribution < 1.29 is 60.1 Å². The Hall–Kier alpha value is -4.65. The van der Waals surface area contributed by atoms with Gasteiger partial charge in [0.05, 0.1) is 26.5 Å². The van der Waals surface area contributed by atoms with Crippen molar-refractivity contribution in [2.75, 3.05) is 20.3 Å². The van der Waals surface area contributed by atoms with Crippen molar-refractivity contribution in [2.24, 2.45) is 17.8 Å². The minimum absolute atomic E-state index is 0.0443. The Morgan fingerprint density at radius 3 is 2.43 bits per heavy atom. The van der Waals surface area contributed by atoms with Gasteiger partial charge in [-0.2, -0.15) is 13.2 Å². The number of rotatable bonds is 9. The molecule has 0 radical (unpaired) electrons. The molecular weight excluding hydrogens is 788 g/mol. The van der Waals surface area contributed by atoms with Crippen molar-refractivity contribution in [3.05, 3.63) is 42.6 Å².